The summed E-state index contributed by atoms with van der Waals surface area (Å²) < 4.78 is 17.7. The van der Waals surface area contributed by atoms with Gasteiger partial charge in [-0.25, -0.2) is 14.2 Å². The highest BCUT2D eigenvalue weighted by molar-refractivity contribution is 6.19. The number of fused-ring (bicyclic) bond motifs is 1. The van der Waals surface area contributed by atoms with Gasteiger partial charge in [-0.3, -0.25) is 9.59 Å². The summed E-state index contributed by atoms with van der Waals surface area (Å²) in [6.45, 7) is 5.29. The number of carboxylic acid groups (broad SMARTS) is 1. The minimum atomic E-state index is -1.16. The number of anilines is 2. The smallest absolute Gasteiger partial charge is 0.326 e. The number of nitrogens with one attached hydrogen (secondary N) is 2. The van der Waals surface area contributed by atoms with E-state index in [1.807, 2.05) is 31.2 Å². The SMILES string of the molecule is CCC(c1ccc(NC2c3cc(OC)c(OC)cc3N=CN2Cl)cc1)C(Nc1c(OC(C)C)c(=O)c1=O)C(=O)O. The third kappa shape index (κ3) is 5.55. The lowest BCUT2D eigenvalue weighted by Crippen LogP contribution is -2.43. The number of nitrogens with zero attached hydrogens (tertiary/aromatic N) is 2. The average molecular weight is 571 g/mol. The molecule has 3 N–H and O–H groups in total. The van der Waals surface area contributed by atoms with Gasteiger partial charge in [-0.15, -0.1) is 0 Å². The fourth-order valence-corrected chi connectivity index (χ4v) is 4.86. The molecule has 0 radical (unpaired) electrons. The number of halogens is 1. The predicted molar refractivity (Wildman–Crippen MR) is 153 cm³/mol. The summed E-state index contributed by atoms with van der Waals surface area (Å²) in [5.74, 6) is -0.711. The maximum Gasteiger partial charge on any atom is 0.326 e. The van der Waals surface area contributed by atoms with Crippen molar-refractivity contribution in [2.75, 3.05) is 24.9 Å². The minimum absolute atomic E-state index is 0.102. The van der Waals surface area contributed by atoms with E-state index in [0.717, 1.165) is 16.8 Å². The molecule has 3 unspecified atom stereocenters. The van der Waals surface area contributed by atoms with Crippen LogP contribution in [0.25, 0.3) is 0 Å². The number of ether oxygens (including phenoxy) is 3. The Morgan fingerprint density at radius 1 is 1.10 bits per heavy atom. The number of carboxylic acids is 1. The van der Waals surface area contributed by atoms with E-state index < -0.39 is 35.0 Å². The molecule has 4 rings (SSSR count). The van der Waals surface area contributed by atoms with E-state index in [-0.39, 0.29) is 17.5 Å². The topological polar surface area (TPSA) is 139 Å². The van der Waals surface area contributed by atoms with Gasteiger partial charge in [0.25, 0.3) is 10.9 Å². The zero-order valence-corrected chi connectivity index (χ0v) is 23.5. The molecule has 0 bridgehead atoms. The molecular formula is C28H31ClN4O7. The summed E-state index contributed by atoms with van der Waals surface area (Å²) in [5.41, 5.74) is 1.25. The van der Waals surface area contributed by atoms with Crippen LogP contribution < -0.4 is 35.7 Å². The molecule has 0 saturated carbocycles. The van der Waals surface area contributed by atoms with Crippen molar-refractivity contribution in [3.8, 4) is 17.2 Å². The van der Waals surface area contributed by atoms with E-state index in [2.05, 4.69) is 15.6 Å². The van der Waals surface area contributed by atoms with Crippen LogP contribution in [0, 0.1) is 0 Å². The molecule has 0 spiro atoms. The minimum Gasteiger partial charge on any atom is -0.493 e. The third-order valence-corrected chi connectivity index (χ3v) is 6.93. The van der Waals surface area contributed by atoms with Crippen LogP contribution in [0.1, 0.15) is 50.4 Å². The normalized spacial score (nSPS) is 15.9. The Morgan fingerprint density at radius 3 is 2.33 bits per heavy atom. The van der Waals surface area contributed by atoms with Crippen molar-refractivity contribution in [3.05, 3.63) is 68.0 Å². The lowest BCUT2D eigenvalue weighted by atomic mass is 9.88. The van der Waals surface area contributed by atoms with Crippen molar-refractivity contribution in [2.24, 2.45) is 4.99 Å². The van der Waals surface area contributed by atoms with Gasteiger partial charge >= 0.3 is 5.97 Å². The Bertz CT molecular complexity index is 1480. The van der Waals surface area contributed by atoms with Crippen LogP contribution in [0.15, 0.2) is 51.0 Å². The van der Waals surface area contributed by atoms with Crippen molar-refractivity contribution >= 4 is 41.1 Å². The number of benzene rings is 2. The van der Waals surface area contributed by atoms with Gasteiger partial charge in [0.1, 0.15) is 24.2 Å². The molecule has 3 aromatic rings. The van der Waals surface area contributed by atoms with Gasteiger partial charge in [-0.1, -0.05) is 19.1 Å². The monoisotopic (exact) mass is 570 g/mol. The number of aliphatic carboxylic acids is 1. The molecular weight excluding hydrogens is 540 g/mol. The van der Waals surface area contributed by atoms with Crippen molar-refractivity contribution in [3.63, 3.8) is 0 Å². The summed E-state index contributed by atoms with van der Waals surface area (Å²) in [5, 5.41) is 16.1. The molecule has 1 aliphatic rings. The lowest BCUT2D eigenvalue weighted by Gasteiger charge is -2.31. The molecule has 1 heterocycles. The fraction of sp³-hybridized carbons (Fsp3) is 0.357. The van der Waals surface area contributed by atoms with Crippen LogP contribution in [-0.2, 0) is 4.79 Å². The van der Waals surface area contributed by atoms with Gasteiger partial charge in [0.05, 0.1) is 26.0 Å². The van der Waals surface area contributed by atoms with Gasteiger partial charge in [-0.05, 0) is 44.0 Å². The molecule has 0 fully saturated rings. The van der Waals surface area contributed by atoms with E-state index in [1.54, 1.807) is 40.2 Å². The summed E-state index contributed by atoms with van der Waals surface area (Å²) >= 11 is 6.45. The molecule has 3 aromatic carbocycles. The summed E-state index contributed by atoms with van der Waals surface area (Å²) in [6, 6.07) is 9.67. The van der Waals surface area contributed by atoms with Gasteiger partial charge in [0, 0.05) is 35.0 Å². The van der Waals surface area contributed by atoms with Crippen LogP contribution in [0.5, 0.6) is 17.2 Å². The molecule has 0 aromatic heterocycles. The summed E-state index contributed by atoms with van der Waals surface area (Å²) in [6.07, 6.45) is 1.12. The first-order valence-corrected chi connectivity index (χ1v) is 13.0. The van der Waals surface area contributed by atoms with Crippen LogP contribution in [0.2, 0.25) is 0 Å². The molecule has 0 saturated heterocycles. The van der Waals surface area contributed by atoms with Crippen LogP contribution in [0.3, 0.4) is 0 Å². The standard InChI is InChI=1S/C28H31ClN4O7/c1-6-17(22(28(36)37)32-23-24(34)25(35)26(23)40-14(2)3)15-7-9-16(10-8-15)31-27-18-11-20(38-4)21(39-5)12-19(18)30-13-33(27)29/h7-14,17,22,27,31-32H,6H2,1-5H3,(H,36,37). The second kappa shape index (κ2) is 11.9. The zero-order valence-electron chi connectivity index (χ0n) is 22.7. The Labute approximate surface area is 236 Å². The highest BCUT2D eigenvalue weighted by atomic mass is 35.5. The van der Waals surface area contributed by atoms with Crippen molar-refractivity contribution < 1.29 is 24.1 Å². The van der Waals surface area contributed by atoms with Crippen LogP contribution >= 0.6 is 11.8 Å². The molecule has 12 heteroatoms. The van der Waals surface area contributed by atoms with Crippen LogP contribution in [0.4, 0.5) is 17.1 Å². The Kier molecular flexibility index (Phi) is 8.53. The maximum absolute atomic E-state index is 12.3. The number of hydrogen-bond acceptors (Lipinski definition) is 10. The molecule has 212 valence electrons. The second-order valence-electron chi connectivity index (χ2n) is 9.53. The van der Waals surface area contributed by atoms with Gasteiger partial charge in [-0.2, -0.15) is 0 Å². The average Bonchev–Trinajstić information content (AvgIpc) is 2.95. The third-order valence-electron chi connectivity index (χ3n) is 6.65. The number of carbonyl (C=O) groups is 1. The van der Waals surface area contributed by atoms with Crippen molar-refractivity contribution in [1.29, 1.82) is 0 Å². The quantitative estimate of drug-likeness (QED) is 0.212. The zero-order chi connectivity index (χ0) is 29.1. The largest absolute Gasteiger partial charge is 0.493 e. The lowest BCUT2D eigenvalue weighted by molar-refractivity contribution is -0.138. The van der Waals surface area contributed by atoms with Crippen molar-refractivity contribution in [2.45, 2.75) is 51.4 Å². The number of aliphatic imine (C=N–C) groups is 1. The number of methoxy groups -OCH3 is 2. The Hall–Kier alpha value is -4.25. The first kappa shape index (κ1) is 28.8. The molecule has 3 atom stereocenters. The van der Waals surface area contributed by atoms with Crippen molar-refractivity contribution in [1.82, 2.24) is 4.42 Å². The number of rotatable bonds is 12. The second-order valence-corrected chi connectivity index (χ2v) is 9.92. The Balaban J connectivity index is 1.57. The van der Waals surface area contributed by atoms with Gasteiger partial charge < -0.3 is 30.0 Å². The van der Waals surface area contributed by atoms with E-state index in [4.69, 9.17) is 26.0 Å². The predicted octanol–water partition coefficient (Wildman–Crippen LogP) is 4.39. The first-order chi connectivity index (χ1) is 19.1. The molecule has 40 heavy (non-hydrogen) atoms. The summed E-state index contributed by atoms with van der Waals surface area (Å²) in [4.78, 5) is 40.8. The molecule has 1 aliphatic heterocycles. The van der Waals surface area contributed by atoms with Gasteiger partial charge in [0.15, 0.2) is 17.2 Å². The first-order valence-electron chi connectivity index (χ1n) is 12.7. The van der Waals surface area contributed by atoms with E-state index in [0.29, 0.717) is 23.6 Å². The maximum atomic E-state index is 12.3. The van der Waals surface area contributed by atoms with Gasteiger partial charge in [0.2, 0.25) is 0 Å². The number of hydrogen-bond donors (Lipinski definition) is 3. The Morgan fingerprint density at radius 2 is 1.75 bits per heavy atom. The fourth-order valence-electron chi connectivity index (χ4n) is 4.66. The molecule has 11 nitrogen and oxygen atoms in total. The molecule has 0 amide bonds. The molecule has 0 aliphatic carbocycles. The highest BCUT2D eigenvalue weighted by Crippen LogP contribution is 2.42. The van der Waals surface area contributed by atoms with E-state index >= 15 is 0 Å². The van der Waals surface area contributed by atoms with E-state index in [1.165, 1.54) is 10.8 Å². The summed E-state index contributed by atoms with van der Waals surface area (Å²) in [7, 11) is 3.10. The highest BCUT2D eigenvalue weighted by Gasteiger charge is 2.33. The van der Waals surface area contributed by atoms with E-state index in [9.17, 15) is 19.5 Å². The van der Waals surface area contributed by atoms with Crippen LogP contribution in [-0.4, -0.2) is 48.2 Å².